The summed E-state index contributed by atoms with van der Waals surface area (Å²) in [6, 6.07) is 16.4. The van der Waals surface area contributed by atoms with Gasteiger partial charge in [-0.15, -0.1) is 0 Å². The first-order chi connectivity index (χ1) is 12.1. The summed E-state index contributed by atoms with van der Waals surface area (Å²) in [5.41, 5.74) is 3.54. The topological polar surface area (TPSA) is 57.3 Å². The largest absolute Gasteiger partial charge is 0.491 e. The summed E-state index contributed by atoms with van der Waals surface area (Å²) in [7, 11) is 0. The minimum absolute atomic E-state index is 0.271. The van der Waals surface area contributed by atoms with Gasteiger partial charge in [0.15, 0.2) is 0 Å². The molecule has 0 fully saturated rings. The summed E-state index contributed by atoms with van der Waals surface area (Å²) >= 11 is 0. The van der Waals surface area contributed by atoms with Crippen molar-refractivity contribution in [2.45, 2.75) is 32.4 Å². The van der Waals surface area contributed by atoms with Crippen LogP contribution in [0.1, 0.15) is 18.1 Å². The fourth-order valence-electron chi connectivity index (χ4n) is 3.00. The fourth-order valence-corrected chi connectivity index (χ4v) is 3.00. The lowest BCUT2D eigenvalue weighted by Crippen LogP contribution is -2.37. The van der Waals surface area contributed by atoms with E-state index in [2.05, 4.69) is 41.6 Å². The van der Waals surface area contributed by atoms with Gasteiger partial charge in [-0.3, -0.25) is 0 Å². The van der Waals surface area contributed by atoms with Crippen molar-refractivity contribution >= 4 is 10.9 Å². The lowest BCUT2D eigenvalue weighted by atomic mass is 10.1. The summed E-state index contributed by atoms with van der Waals surface area (Å²) in [6.07, 6.45) is 2.45. The molecule has 1 heterocycles. The average Bonchev–Trinajstić information content (AvgIpc) is 3.02. The highest BCUT2D eigenvalue weighted by Crippen LogP contribution is 2.19. The molecular formula is C21H26N2O2. The van der Waals surface area contributed by atoms with Crippen molar-refractivity contribution in [2.75, 3.05) is 13.2 Å². The van der Waals surface area contributed by atoms with E-state index in [1.54, 1.807) is 0 Å². The Morgan fingerprint density at radius 1 is 1.12 bits per heavy atom. The molecule has 2 atom stereocenters. The van der Waals surface area contributed by atoms with Crippen LogP contribution in [0.4, 0.5) is 0 Å². The molecule has 0 saturated heterocycles. The van der Waals surface area contributed by atoms with Gasteiger partial charge in [0.25, 0.3) is 0 Å². The summed E-state index contributed by atoms with van der Waals surface area (Å²) in [4.78, 5) is 3.30. The van der Waals surface area contributed by atoms with Crippen LogP contribution >= 0.6 is 0 Å². The molecule has 4 heteroatoms. The molecule has 3 aromatic rings. The maximum absolute atomic E-state index is 10.2. The molecule has 4 nitrogen and oxygen atoms in total. The third kappa shape index (κ3) is 4.62. The van der Waals surface area contributed by atoms with Gasteiger partial charge in [0.1, 0.15) is 18.5 Å². The van der Waals surface area contributed by atoms with E-state index in [1.807, 2.05) is 37.3 Å². The van der Waals surface area contributed by atoms with Crippen LogP contribution in [0.2, 0.25) is 0 Å². The van der Waals surface area contributed by atoms with E-state index in [0.717, 1.165) is 23.3 Å². The van der Waals surface area contributed by atoms with Gasteiger partial charge in [0, 0.05) is 29.7 Å². The number of benzene rings is 2. The second kappa shape index (κ2) is 8.19. The van der Waals surface area contributed by atoms with E-state index in [-0.39, 0.29) is 12.6 Å². The Labute approximate surface area is 148 Å². The molecule has 3 rings (SSSR count). The molecule has 0 saturated carbocycles. The number of H-pyrrole nitrogens is 1. The second-order valence-electron chi connectivity index (χ2n) is 6.60. The van der Waals surface area contributed by atoms with E-state index in [9.17, 15) is 5.11 Å². The molecule has 132 valence electrons. The average molecular weight is 338 g/mol. The molecular weight excluding hydrogens is 312 g/mol. The van der Waals surface area contributed by atoms with Crippen molar-refractivity contribution in [3.8, 4) is 5.75 Å². The lowest BCUT2D eigenvalue weighted by Gasteiger charge is -2.18. The number of rotatable bonds is 8. The number of aliphatic hydroxyl groups excluding tert-OH is 1. The van der Waals surface area contributed by atoms with Gasteiger partial charge in [0.05, 0.1) is 0 Å². The molecule has 0 aliphatic carbocycles. The van der Waals surface area contributed by atoms with Crippen LogP contribution in [0.5, 0.6) is 5.75 Å². The molecule has 0 spiro atoms. The highest BCUT2D eigenvalue weighted by Gasteiger charge is 2.11. The molecule has 2 aromatic carbocycles. The van der Waals surface area contributed by atoms with Crippen LogP contribution in [0, 0.1) is 6.92 Å². The van der Waals surface area contributed by atoms with Crippen molar-refractivity contribution in [2.24, 2.45) is 0 Å². The van der Waals surface area contributed by atoms with Crippen LogP contribution < -0.4 is 10.1 Å². The first-order valence-corrected chi connectivity index (χ1v) is 8.78. The summed E-state index contributed by atoms with van der Waals surface area (Å²) in [5.74, 6) is 0.827. The van der Waals surface area contributed by atoms with Gasteiger partial charge < -0.3 is 20.1 Å². The Bertz CT molecular complexity index is 812. The lowest BCUT2D eigenvalue weighted by molar-refractivity contribution is 0.104. The van der Waals surface area contributed by atoms with Gasteiger partial charge in [-0.2, -0.15) is 0 Å². The molecule has 0 aliphatic rings. The Hall–Kier alpha value is -2.30. The van der Waals surface area contributed by atoms with Crippen LogP contribution in [0.25, 0.3) is 10.9 Å². The number of hydrogen-bond acceptors (Lipinski definition) is 3. The highest BCUT2D eigenvalue weighted by atomic mass is 16.5. The van der Waals surface area contributed by atoms with Crippen LogP contribution in [0.3, 0.4) is 0 Å². The summed E-state index contributed by atoms with van der Waals surface area (Å²) in [5, 5.41) is 14.8. The Kier molecular flexibility index (Phi) is 5.74. The molecule has 25 heavy (non-hydrogen) atoms. The molecule has 0 amide bonds. The number of nitrogens with one attached hydrogen (secondary N) is 2. The molecule has 3 N–H and O–H groups in total. The van der Waals surface area contributed by atoms with Crippen molar-refractivity contribution in [1.29, 1.82) is 0 Å². The van der Waals surface area contributed by atoms with Crippen LogP contribution in [0.15, 0.2) is 54.7 Å². The number of fused-ring (bicyclic) bond motifs is 1. The molecule has 0 bridgehead atoms. The predicted octanol–water partition coefficient (Wildman–Crippen LogP) is 3.44. The summed E-state index contributed by atoms with van der Waals surface area (Å²) in [6.45, 7) is 4.94. The number of ether oxygens (including phenoxy) is 1. The molecule has 1 aromatic heterocycles. The van der Waals surface area contributed by atoms with Gasteiger partial charge in [0.2, 0.25) is 0 Å². The first kappa shape index (κ1) is 17.5. The van der Waals surface area contributed by atoms with Crippen molar-refractivity contribution in [1.82, 2.24) is 10.3 Å². The number of aromatic nitrogens is 1. The monoisotopic (exact) mass is 338 g/mol. The third-order valence-electron chi connectivity index (χ3n) is 4.43. The van der Waals surface area contributed by atoms with Crippen LogP contribution in [-0.2, 0) is 6.42 Å². The van der Waals surface area contributed by atoms with Gasteiger partial charge >= 0.3 is 0 Å². The Balaban J connectivity index is 1.45. The Morgan fingerprint density at radius 3 is 2.72 bits per heavy atom. The van der Waals surface area contributed by atoms with E-state index in [4.69, 9.17) is 4.74 Å². The zero-order valence-electron chi connectivity index (χ0n) is 14.8. The standard InChI is InChI=1S/C21H26N2O2/c1-15-7-3-6-10-21(15)25-14-18(24)13-22-16(2)11-17-12-23-20-9-5-4-8-19(17)20/h3-10,12,16,18,22-24H,11,13-14H2,1-2H3/t16-,18-/m0/s1. The van der Waals surface area contributed by atoms with E-state index in [0.29, 0.717) is 6.54 Å². The quantitative estimate of drug-likeness (QED) is 0.590. The normalized spacial score (nSPS) is 13.7. The number of aromatic amines is 1. The number of aryl methyl sites for hydroxylation is 1. The minimum Gasteiger partial charge on any atom is -0.491 e. The van der Waals surface area contributed by atoms with Crippen molar-refractivity contribution in [3.05, 3.63) is 65.9 Å². The highest BCUT2D eigenvalue weighted by molar-refractivity contribution is 5.83. The minimum atomic E-state index is -0.537. The molecule has 0 unspecified atom stereocenters. The number of para-hydroxylation sites is 2. The zero-order chi connectivity index (χ0) is 17.6. The number of aliphatic hydroxyl groups is 1. The van der Waals surface area contributed by atoms with Gasteiger partial charge in [-0.25, -0.2) is 0 Å². The predicted molar refractivity (Wildman–Crippen MR) is 102 cm³/mol. The third-order valence-corrected chi connectivity index (χ3v) is 4.43. The van der Waals surface area contributed by atoms with Gasteiger partial charge in [-0.05, 0) is 43.5 Å². The SMILES string of the molecule is Cc1ccccc1OC[C@@H](O)CN[C@@H](C)Cc1c[nH]c2ccccc12. The molecule has 0 radical (unpaired) electrons. The Morgan fingerprint density at radius 2 is 1.88 bits per heavy atom. The number of hydrogen-bond donors (Lipinski definition) is 3. The van der Waals surface area contributed by atoms with E-state index >= 15 is 0 Å². The van der Waals surface area contributed by atoms with Crippen molar-refractivity contribution < 1.29 is 9.84 Å². The fraction of sp³-hybridized carbons (Fsp3) is 0.333. The van der Waals surface area contributed by atoms with Crippen molar-refractivity contribution in [3.63, 3.8) is 0 Å². The maximum atomic E-state index is 10.2. The maximum Gasteiger partial charge on any atom is 0.122 e. The van der Waals surface area contributed by atoms with Gasteiger partial charge in [-0.1, -0.05) is 36.4 Å². The first-order valence-electron chi connectivity index (χ1n) is 8.78. The van der Waals surface area contributed by atoms with Crippen LogP contribution in [-0.4, -0.2) is 35.4 Å². The summed E-state index contributed by atoms with van der Waals surface area (Å²) < 4.78 is 5.70. The zero-order valence-corrected chi connectivity index (χ0v) is 14.8. The second-order valence-corrected chi connectivity index (χ2v) is 6.60. The van der Waals surface area contributed by atoms with E-state index < -0.39 is 6.10 Å². The van der Waals surface area contributed by atoms with E-state index in [1.165, 1.54) is 10.9 Å². The smallest absolute Gasteiger partial charge is 0.122 e. The molecule has 0 aliphatic heterocycles.